The summed E-state index contributed by atoms with van der Waals surface area (Å²) in [5.74, 6) is 0.134. The van der Waals surface area contributed by atoms with Gasteiger partial charge in [-0.15, -0.1) is 0 Å². The van der Waals surface area contributed by atoms with Crippen molar-refractivity contribution in [2.45, 2.75) is 6.92 Å². The number of carbonyl (C=O) groups excluding carboxylic acids is 1. The van der Waals surface area contributed by atoms with Gasteiger partial charge in [0.05, 0.1) is 18.0 Å². The fraction of sp³-hybridized carbons (Fsp3) is 0.316. The molecule has 2 aromatic carbocycles. The number of nitrogens with one attached hydrogen (secondary N) is 1. The highest BCUT2D eigenvalue weighted by Gasteiger charge is 2.23. The largest absolute Gasteiger partial charge is 0.506 e. The molecular weight excluding hydrogens is 337 g/mol. The molecule has 1 saturated heterocycles. The molecule has 26 heavy (non-hydrogen) atoms. The molecule has 3 rings (SSSR count). The Morgan fingerprint density at radius 3 is 2.62 bits per heavy atom. The van der Waals surface area contributed by atoms with E-state index in [2.05, 4.69) is 5.32 Å². The first-order valence-electron chi connectivity index (χ1n) is 8.59. The van der Waals surface area contributed by atoms with Crippen LogP contribution in [0.25, 0.3) is 0 Å². The highest BCUT2D eigenvalue weighted by molar-refractivity contribution is 5.91. The Labute approximate surface area is 151 Å². The Morgan fingerprint density at radius 2 is 1.92 bits per heavy atom. The van der Waals surface area contributed by atoms with E-state index < -0.39 is 5.82 Å². The van der Waals surface area contributed by atoms with E-state index in [-0.39, 0.29) is 11.8 Å². The molecule has 0 spiro atoms. The normalized spacial score (nSPS) is 14.2. The highest BCUT2D eigenvalue weighted by Crippen LogP contribution is 2.28. The van der Waals surface area contributed by atoms with Crippen molar-refractivity contribution in [2.24, 2.45) is 0 Å². The van der Waals surface area contributed by atoms with Gasteiger partial charge in [-0.1, -0.05) is 12.1 Å². The van der Waals surface area contributed by atoms with Crippen molar-refractivity contribution < 1.29 is 19.0 Å². The van der Waals surface area contributed by atoms with Crippen LogP contribution in [0, 0.1) is 5.82 Å². The van der Waals surface area contributed by atoms with Gasteiger partial charge in [0.15, 0.2) is 0 Å². The summed E-state index contributed by atoms with van der Waals surface area (Å²) < 4.78 is 18.8. The number of piperazine rings is 1. The Morgan fingerprint density at radius 1 is 1.19 bits per heavy atom. The fourth-order valence-corrected chi connectivity index (χ4v) is 2.95. The third-order valence-electron chi connectivity index (χ3n) is 4.27. The maximum Gasteiger partial charge on any atom is 0.322 e. The van der Waals surface area contributed by atoms with E-state index in [0.717, 1.165) is 5.69 Å². The Bertz CT molecular complexity index is 776. The van der Waals surface area contributed by atoms with Crippen LogP contribution in [0.4, 0.5) is 20.6 Å². The summed E-state index contributed by atoms with van der Waals surface area (Å²) in [6.07, 6.45) is 0. The number of carbonyl (C=O) groups is 1. The zero-order chi connectivity index (χ0) is 18.5. The van der Waals surface area contributed by atoms with Gasteiger partial charge >= 0.3 is 6.03 Å². The fourth-order valence-electron chi connectivity index (χ4n) is 2.95. The average Bonchev–Trinajstić information content (AvgIpc) is 2.65. The molecule has 1 aliphatic rings. The van der Waals surface area contributed by atoms with Gasteiger partial charge in [-0.2, -0.15) is 0 Å². The number of hydrogen-bond acceptors (Lipinski definition) is 4. The number of para-hydroxylation sites is 2. The number of nitrogens with zero attached hydrogens (tertiary/aromatic N) is 2. The number of hydrogen-bond donors (Lipinski definition) is 2. The lowest BCUT2D eigenvalue weighted by Gasteiger charge is -2.36. The summed E-state index contributed by atoms with van der Waals surface area (Å²) in [6.45, 7) is 4.45. The van der Waals surface area contributed by atoms with Gasteiger partial charge in [-0.3, -0.25) is 0 Å². The van der Waals surface area contributed by atoms with Crippen LogP contribution in [0.3, 0.4) is 0 Å². The number of benzene rings is 2. The number of phenols is 1. The van der Waals surface area contributed by atoms with Gasteiger partial charge in [0.2, 0.25) is 0 Å². The number of amides is 2. The monoisotopic (exact) mass is 359 g/mol. The van der Waals surface area contributed by atoms with Crippen molar-refractivity contribution in [1.29, 1.82) is 0 Å². The molecule has 138 valence electrons. The third-order valence-corrected chi connectivity index (χ3v) is 4.27. The lowest BCUT2D eigenvalue weighted by atomic mass is 10.2. The molecule has 7 heteroatoms. The van der Waals surface area contributed by atoms with E-state index in [9.17, 15) is 14.3 Å². The van der Waals surface area contributed by atoms with Crippen molar-refractivity contribution in [1.82, 2.24) is 4.90 Å². The summed E-state index contributed by atoms with van der Waals surface area (Å²) in [4.78, 5) is 16.3. The third kappa shape index (κ3) is 3.99. The quantitative estimate of drug-likeness (QED) is 0.879. The molecule has 1 fully saturated rings. The molecule has 2 N–H and O–H groups in total. The van der Waals surface area contributed by atoms with Crippen LogP contribution in [0.15, 0.2) is 42.5 Å². The molecule has 1 heterocycles. The summed E-state index contributed by atoms with van der Waals surface area (Å²) in [7, 11) is 0. The first kappa shape index (κ1) is 17.8. The van der Waals surface area contributed by atoms with Gasteiger partial charge in [-0.05, 0) is 31.2 Å². The molecule has 0 bridgehead atoms. The zero-order valence-electron chi connectivity index (χ0n) is 14.6. The van der Waals surface area contributed by atoms with E-state index in [0.29, 0.717) is 44.2 Å². The van der Waals surface area contributed by atoms with E-state index in [1.807, 2.05) is 17.0 Å². The van der Waals surface area contributed by atoms with Crippen LogP contribution in [-0.4, -0.2) is 48.8 Å². The molecule has 6 nitrogen and oxygen atoms in total. The minimum atomic E-state index is -0.414. The molecule has 0 aromatic heterocycles. The maximum atomic E-state index is 13.4. The Hall–Kier alpha value is -2.96. The molecule has 1 aliphatic heterocycles. The van der Waals surface area contributed by atoms with Gasteiger partial charge in [0.1, 0.15) is 17.3 Å². The van der Waals surface area contributed by atoms with E-state index in [1.165, 1.54) is 18.2 Å². The van der Waals surface area contributed by atoms with Crippen LogP contribution in [0.1, 0.15) is 6.92 Å². The second-order valence-corrected chi connectivity index (χ2v) is 5.97. The smallest absolute Gasteiger partial charge is 0.322 e. The lowest BCUT2D eigenvalue weighted by molar-refractivity contribution is 0.208. The molecule has 0 atom stereocenters. The summed E-state index contributed by atoms with van der Waals surface area (Å²) in [6, 6.07) is 10.9. The highest BCUT2D eigenvalue weighted by atomic mass is 19.1. The van der Waals surface area contributed by atoms with Crippen molar-refractivity contribution in [3.63, 3.8) is 0 Å². The van der Waals surface area contributed by atoms with Crippen LogP contribution in [-0.2, 0) is 0 Å². The van der Waals surface area contributed by atoms with Gasteiger partial charge < -0.3 is 25.0 Å². The predicted octanol–water partition coefficient (Wildman–Crippen LogP) is 3.28. The van der Waals surface area contributed by atoms with Gasteiger partial charge in [0.25, 0.3) is 0 Å². The number of halogens is 1. The Balaban J connectivity index is 1.62. The zero-order valence-corrected chi connectivity index (χ0v) is 14.6. The second-order valence-electron chi connectivity index (χ2n) is 5.97. The number of anilines is 2. The minimum Gasteiger partial charge on any atom is -0.506 e. The predicted molar refractivity (Wildman–Crippen MR) is 98.5 cm³/mol. The van der Waals surface area contributed by atoms with Crippen LogP contribution >= 0.6 is 0 Å². The average molecular weight is 359 g/mol. The van der Waals surface area contributed by atoms with Crippen LogP contribution < -0.4 is 15.0 Å². The number of urea groups is 1. The molecule has 0 radical (unpaired) electrons. The maximum absolute atomic E-state index is 13.4. The standard InChI is InChI=1S/C19H22FN3O3/c1-2-26-18-13-14(20)7-8-15(18)21-19(25)23-11-9-22(10-12-23)16-5-3-4-6-17(16)24/h3-8,13,24H,2,9-12H2,1H3,(H,21,25). The minimum absolute atomic E-state index is 0.234. The molecule has 2 amide bonds. The number of rotatable bonds is 4. The summed E-state index contributed by atoms with van der Waals surface area (Å²) in [5.41, 5.74) is 1.21. The Kier molecular flexibility index (Phi) is 5.46. The first-order chi connectivity index (χ1) is 12.6. The van der Waals surface area contributed by atoms with Crippen molar-refractivity contribution in [3.8, 4) is 11.5 Å². The SMILES string of the molecule is CCOc1cc(F)ccc1NC(=O)N1CCN(c2ccccc2O)CC1. The van der Waals surface area contributed by atoms with Gasteiger partial charge in [0, 0.05) is 32.2 Å². The molecule has 0 saturated carbocycles. The topological polar surface area (TPSA) is 65.0 Å². The molecular formula is C19H22FN3O3. The number of phenolic OH excluding ortho intramolecular Hbond substituents is 1. The second kappa shape index (κ2) is 7.95. The molecule has 0 unspecified atom stereocenters. The summed E-state index contributed by atoms with van der Waals surface area (Å²) >= 11 is 0. The van der Waals surface area contributed by atoms with Crippen molar-refractivity contribution in [3.05, 3.63) is 48.3 Å². The molecule has 2 aromatic rings. The van der Waals surface area contributed by atoms with E-state index >= 15 is 0 Å². The van der Waals surface area contributed by atoms with Crippen LogP contribution in [0.5, 0.6) is 11.5 Å². The van der Waals surface area contributed by atoms with Crippen LogP contribution in [0.2, 0.25) is 0 Å². The van der Waals surface area contributed by atoms with E-state index in [1.54, 1.807) is 24.0 Å². The first-order valence-corrected chi connectivity index (χ1v) is 8.59. The summed E-state index contributed by atoms with van der Waals surface area (Å²) in [5, 5.41) is 12.7. The molecule has 0 aliphatic carbocycles. The van der Waals surface area contributed by atoms with Crippen molar-refractivity contribution >= 4 is 17.4 Å². The van der Waals surface area contributed by atoms with Gasteiger partial charge in [-0.25, -0.2) is 9.18 Å². The van der Waals surface area contributed by atoms with Crippen molar-refractivity contribution in [2.75, 3.05) is 43.0 Å². The lowest BCUT2D eigenvalue weighted by Crippen LogP contribution is -2.50. The number of ether oxygens (including phenoxy) is 1. The number of aromatic hydroxyl groups is 1. The van der Waals surface area contributed by atoms with E-state index in [4.69, 9.17) is 4.74 Å².